The first kappa shape index (κ1) is 22.3. The smallest absolute Gasteiger partial charge is 0.146 e. The number of hydrogen-bond donors (Lipinski definition) is 0. The van der Waals surface area contributed by atoms with Crippen molar-refractivity contribution in [3.05, 3.63) is 94.3 Å². The quantitative estimate of drug-likeness (QED) is 0.160. The molecule has 29 heavy (non-hydrogen) atoms. The minimum absolute atomic E-state index is 0.309. The molecule has 2 nitrogen and oxygen atoms in total. The molecular formula is C22H12Cl2FI2NO. The molecule has 0 aliphatic heterocycles. The Balaban J connectivity index is 1.86. The van der Waals surface area contributed by atoms with Gasteiger partial charge >= 0.3 is 0 Å². The van der Waals surface area contributed by atoms with Gasteiger partial charge in [0.15, 0.2) is 0 Å². The first-order valence-electron chi connectivity index (χ1n) is 8.31. The van der Waals surface area contributed by atoms with E-state index < -0.39 is 0 Å². The molecule has 0 heterocycles. The van der Waals surface area contributed by atoms with E-state index in [2.05, 4.69) is 51.3 Å². The summed E-state index contributed by atoms with van der Waals surface area (Å²) in [6, 6.07) is 17.2. The van der Waals surface area contributed by atoms with Crippen molar-refractivity contribution in [1.82, 2.24) is 0 Å². The maximum Gasteiger partial charge on any atom is 0.146 e. The fourth-order valence-corrected chi connectivity index (χ4v) is 5.18. The maximum atomic E-state index is 13.5. The summed E-state index contributed by atoms with van der Waals surface area (Å²) in [5.41, 5.74) is 2.59. The molecule has 0 bridgehead atoms. The van der Waals surface area contributed by atoms with Crippen molar-refractivity contribution in [3.8, 4) is 11.8 Å². The van der Waals surface area contributed by atoms with Gasteiger partial charge in [0.25, 0.3) is 0 Å². The van der Waals surface area contributed by atoms with E-state index in [1.165, 1.54) is 12.1 Å². The van der Waals surface area contributed by atoms with Crippen molar-refractivity contribution in [2.24, 2.45) is 0 Å². The molecule has 0 fully saturated rings. The molecule has 0 saturated heterocycles. The Bertz CT molecular complexity index is 1120. The van der Waals surface area contributed by atoms with E-state index in [4.69, 9.17) is 27.9 Å². The van der Waals surface area contributed by atoms with Gasteiger partial charge in [-0.15, -0.1) is 0 Å². The number of halogens is 5. The van der Waals surface area contributed by atoms with Crippen LogP contribution in [0.4, 0.5) is 4.39 Å². The van der Waals surface area contributed by atoms with Crippen molar-refractivity contribution in [1.29, 1.82) is 5.26 Å². The van der Waals surface area contributed by atoms with E-state index in [9.17, 15) is 9.65 Å². The lowest BCUT2D eigenvalue weighted by Crippen LogP contribution is -2.00. The molecule has 0 aliphatic carbocycles. The maximum absolute atomic E-state index is 13.5. The van der Waals surface area contributed by atoms with Crippen LogP contribution >= 0.6 is 68.4 Å². The summed E-state index contributed by atoms with van der Waals surface area (Å²) < 4.78 is 21.3. The largest absolute Gasteiger partial charge is 0.487 e. The molecule has 0 saturated carbocycles. The highest BCUT2D eigenvalue weighted by Crippen LogP contribution is 2.32. The van der Waals surface area contributed by atoms with Gasteiger partial charge in [0.2, 0.25) is 0 Å². The summed E-state index contributed by atoms with van der Waals surface area (Å²) in [4.78, 5) is 0. The second-order valence-electron chi connectivity index (χ2n) is 6.02. The van der Waals surface area contributed by atoms with Crippen LogP contribution in [0, 0.1) is 24.3 Å². The van der Waals surface area contributed by atoms with E-state index in [1.54, 1.807) is 30.3 Å². The molecule has 0 aliphatic rings. The Morgan fingerprint density at radius 2 is 1.79 bits per heavy atom. The Hall–Kier alpha value is -1.34. The lowest BCUT2D eigenvalue weighted by molar-refractivity contribution is 0.302. The zero-order valence-electron chi connectivity index (χ0n) is 14.7. The van der Waals surface area contributed by atoms with E-state index >= 15 is 0 Å². The fourth-order valence-electron chi connectivity index (χ4n) is 2.59. The molecule has 146 valence electrons. The summed E-state index contributed by atoms with van der Waals surface area (Å²) in [5, 5.41) is 10.6. The average Bonchev–Trinajstić information content (AvgIpc) is 2.67. The Morgan fingerprint density at radius 3 is 2.41 bits per heavy atom. The first-order valence-corrected chi connectivity index (χ1v) is 11.2. The van der Waals surface area contributed by atoms with Crippen LogP contribution < -0.4 is 4.74 Å². The van der Waals surface area contributed by atoms with E-state index in [1.807, 2.05) is 18.2 Å². The number of nitrogens with zero attached hydrogens (tertiary/aromatic N) is 1. The van der Waals surface area contributed by atoms with Gasteiger partial charge in [0.1, 0.15) is 18.2 Å². The van der Waals surface area contributed by atoms with Gasteiger partial charge in [-0.3, -0.25) is 0 Å². The summed E-state index contributed by atoms with van der Waals surface area (Å²) in [6.07, 6.45) is 1.74. The molecule has 0 atom stereocenters. The Kier molecular flexibility index (Phi) is 7.79. The minimum atomic E-state index is -0.377. The average molecular weight is 650 g/mol. The fraction of sp³-hybridized carbons (Fsp3) is 0.0455. The van der Waals surface area contributed by atoms with Crippen LogP contribution in [0.1, 0.15) is 16.7 Å². The highest BCUT2D eigenvalue weighted by atomic mass is 127. The second kappa shape index (κ2) is 10.1. The topological polar surface area (TPSA) is 33.0 Å². The standard InChI is InChI=1S/C22H12Cl2FI2NO/c23-17-5-4-15(19(24)10-17)12-29-22-20(26)7-13(8-21(22)27)6-16(11-28)14-2-1-3-18(25)9-14/h1-10H,12H2/b16-6-. The third-order valence-corrected chi connectivity index (χ3v) is 6.16. The van der Waals surface area contributed by atoms with Crippen LogP contribution in [0.2, 0.25) is 10.0 Å². The van der Waals surface area contributed by atoms with Crippen molar-refractivity contribution < 1.29 is 9.13 Å². The van der Waals surface area contributed by atoms with Gasteiger partial charge in [-0.1, -0.05) is 41.4 Å². The molecule has 3 aromatic carbocycles. The molecule has 3 rings (SSSR count). The van der Waals surface area contributed by atoms with E-state index in [0.717, 1.165) is 24.0 Å². The molecule has 0 spiro atoms. The van der Waals surface area contributed by atoms with Gasteiger partial charge < -0.3 is 4.74 Å². The molecule has 0 radical (unpaired) electrons. The third-order valence-electron chi connectivity index (χ3n) is 3.97. The number of allylic oxidation sites excluding steroid dienone is 1. The Morgan fingerprint density at radius 1 is 1.07 bits per heavy atom. The normalized spacial score (nSPS) is 11.2. The van der Waals surface area contributed by atoms with Crippen LogP contribution in [0.3, 0.4) is 0 Å². The van der Waals surface area contributed by atoms with Crippen LogP contribution in [0.15, 0.2) is 54.6 Å². The number of ether oxygens (including phenoxy) is 1. The summed E-state index contributed by atoms with van der Waals surface area (Å²) >= 11 is 16.5. The van der Waals surface area contributed by atoms with Crippen molar-refractivity contribution in [2.45, 2.75) is 6.61 Å². The van der Waals surface area contributed by atoms with E-state index in [0.29, 0.717) is 27.8 Å². The molecule has 0 amide bonds. The zero-order valence-corrected chi connectivity index (χ0v) is 20.6. The predicted molar refractivity (Wildman–Crippen MR) is 133 cm³/mol. The Labute approximate surface area is 205 Å². The lowest BCUT2D eigenvalue weighted by Gasteiger charge is -2.13. The molecule has 3 aromatic rings. The monoisotopic (exact) mass is 649 g/mol. The van der Waals surface area contributed by atoms with Gasteiger partial charge in [0.05, 0.1) is 18.8 Å². The summed E-state index contributed by atoms with van der Waals surface area (Å²) in [5.74, 6) is 0.357. The van der Waals surface area contributed by atoms with Crippen molar-refractivity contribution in [3.63, 3.8) is 0 Å². The number of hydrogen-bond acceptors (Lipinski definition) is 2. The van der Waals surface area contributed by atoms with Crippen LogP contribution in [0.25, 0.3) is 11.6 Å². The van der Waals surface area contributed by atoms with Gasteiger partial charge in [0, 0.05) is 15.6 Å². The molecule has 0 unspecified atom stereocenters. The van der Waals surface area contributed by atoms with Crippen LogP contribution in [0.5, 0.6) is 5.75 Å². The summed E-state index contributed by atoms with van der Waals surface area (Å²) in [7, 11) is 0. The predicted octanol–water partition coefficient (Wildman–Crippen LogP) is 7.98. The van der Waals surface area contributed by atoms with Gasteiger partial charge in [-0.25, -0.2) is 4.39 Å². The summed E-state index contributed by atoms with van der Waals surface area (Å²) in [6.45, 7) is 0.309. The molecular weight excluding hydrogens is 638 g/mol. The molecule has 7 heteroatoms. The SMILES string of the molecule is N#C/C(=C/c1cc(I)c(OCc2ccc(Cl)cc2Cl)c(I)c1)c1cccc(F)c1. The van der Waals surface area contributed by atoms with Gasteiger partial charge in [-0.05, 0) is 98.8 Å². The zero-order chi connectivity index (χ0) is 21.0. The number of rotatable bonds is 5. The van der Waals surface area contributed by atoms with Crippen molar-refractivity contribution in [2.75, 3.05) is 0 Å². The first-order chi connectivity index (χ1) is 13.9. The van der Waals surface area contributed by atoms with Crippen LogP contribution in [-0.2, 0) is 6.61 Å². The molecule has 0 aromatic heterocycles. The van der Waals surface area contributed by atoms with Gasteiger partial charge in [-0.2, -0.15) is 5.26 Å². The second-order valence-corrected chi connectivity index (χ2v) is 9.19. The molecule has 0 N–H and O–H groups in total. The van der Waals surface area contributed by atoms with Crippen LogP contribution in [-0.4, -0.2) is 0 Å². The lowest BCUT2D eigenvalue weighted by atomic mass is 10.0. The number of nitriles is 1. The van der Waals surface area contributed by atoms with E-state index in [-0.39, 0.29) is 5.82 Å². The minimum Gasteiger partial charge on any atom is -0.487 e. The highest BCUT2D eigenvalue weighted by molar-refractivity contribution is 14.1. The highest BCUT2D eigenvalue weighted by Gasteiger charge is 2.11. The third kappa shape index (κ3) is 5.85. The number of benzene rings is 3. The van der Waals surface area contributed by atoms with Crippen molar-refractivity contribution >= 4 is 80.0 Å².